The number of nitrogens with two attached hydrogens (primary N) is 1. The molecule has 5 heteroatoms. The Kier molecular flexibility index (Phi) is 3.19. The first-order valence-corrected chi connectivity index (χ1v) is 7.01. The second-order valence-corrected chi connectivity index (χ2v) is 5.55. The van der Waals surface area contributed by atoms with Crippen molar-refractivity contribution in [2.24, 2.45) is 0 Å². The quantitative estimate of drug-likeness (QED) is 0.853. The van der Waals surface area contributed by atoms with E-state index in [-0.39, 0.29) is 0 Å². The van der Waals surface area contributed by atoms with E-state index >= 15 is 0 Å². The molecule has 0 saturated heterocycles. The molecule has 1 aromatic heterocycles. The second-order valence-electron chi connectivity index (χ2n) is 5.11. The van der Waals surface area contributed by atoms with Gasteiger partial charge in [-0.3, -0.25) is 0 Å². The maximum Gasteiger partial charge on any atom is 0.166 e. The highest BCUT2D eigenvalue weighted by Gasteiger charge is 2.23. The monoisotopic (exact) mass is 276 g/mol. The van der Waals surface area contributed by atoms with Crippen molar-refractivity contribution in [2.75, 3.05) is 5.73 Å². The Morgan fingerprint density at radius 3 is 2.74 bits per heavy atom. The molecule has 0 spiro atoms. The fourth-order valence-corrected chi connectivity index (χ4v) is 3.05. The van der Waals surface area contributed by atoms with Crippen LogP contribution in [0.4, 0.5) is 5.69 Å². The Hall–Kier alpha value is -1.55. The summed E-state index contributed by atoms with van der Waals surface area (Å²) >= 11 is 6.07. The maximum absolute atomic E-state index is 6.07. The Morgan fingerprint density at radius 1 is 1.26 bits per heavy atom. The molecule has 1 heterocycles. The molecule has 0 radical (unpaired) electrons. The van der Waals surface area contributed by atoms with Gasteiger partial charge in [-0.2, -0.15) is 0 Å². The third kappa shape index (κ3) is 2.21. The summed E-state index contributed by atoms with van der Waals surface area (Å²) in [5.74, 6) is 1.78. The zero-order chi connectivity index (χ0) is 13.4. The first kappa shape index (κ1) is 12.5. The largest absolute Gasteiger partial charge is 0.398 e. The Balaban J connectivity index is 2.12. The predicted molar refractivity (Wildman–Crippen MR) is 77.1 cm³/mol. The van der Waals surface area contributed by atoms with Gasteiger partial charge in [-0.1, -0.05) is 24.4 Å². The fourth-order valence-electron chi connectivity index (χ4n) is 2.87. The van der Waals surface area contributed by atoms with Crippen LogP contribution in [0.1, 0.15) is 37.5 Å². The van der Waals surface area contributed by atoms with Crippen molar-refractivity contribution in [1.29, 1.82) is 0 Å². The number of benzene rings is 1. The van der Waals surface area contributed by atoms with Crippen molar-refractivity contribution in [3.8, 4) is 11.4 Å². The highest BCUT2D eigenvalue weighted by atomic mass is 35.5. The normalized spacial score (nSPS) is 16.1. The van der Waals surface area contributed by atoms with Crippen LogP contribution < -0.4 is 5.73 Å². The summed E-state index contributed by atoms with van der Waals surface area (Å²) in [6.45, 7) is 2.00. The molecule has 0 bridgehead atoms. The van der Waals surface area contributed by atoms with Gasteiger partial charge in [0.15, 0.2) is 5.82 Å². The molecule has 1 aliphatic rings. The van der Waals surface area contributed by atoms with Gasteiger partial charge in [0.25, 0.3) is 0 Å². The molecule has 0 unspecified atom stereocenters. The minimum atomic E-state index is 0.489. The molecule has 100 valence electrons. The van der Waals surface area contributed by atoms with Crippen LogP contribution in [-0.4, -0.2) is 14.8 Å². The number of aromatic nitrogens is 3. The van der Waals surface area contributed by atoms with Crippen molar-refractivity contribution in [2.45, 2.75) is 38.6 Å². The van der Waals surface area contributed by atoms with Gasteiger partial charge in [0.05, 0.1) is 0 Å². The van der Waals surface area contributed by atoms with Gasteiger partial charge in [-0.15, -0.1) is 10.2 Å². The van der Waals surface area contributed by atoms with E-state index < -0.39 is 0 Å². The summed E-state index contributed by atoms with van der Waals surface area (Å²) in [4.78, 5) is 0. The fraction of sp³-hybridized carbons (Fsp3) is 0.429. The number of nitrogens with zero attached hydrogens (tertiary/aromatic N) is 3. The van der Waals surface area contributed by atoms with E-state index in [1.54, 1.807) is 6.07 Å². The molecular weight excluding hydrogens is 260 g/mol. The van der Waals surface area contributed by atoms with Gasteiger partial charge in [0.2, 0.25) is 0 Å². The number of hydrogen-bond acceptors (Lipinski definition) is 3. The number of hydrogen-bond donors (Lipinski definition) is 1. The summed E-state index contributed by atoms with van der Waals surface area (Å²) < 4.78 is 2.22. The SMILES string of the molecule is Cc1nnc(-c2cc(Cl)ccc2N)n1C1CCCC1. The number of nitrogen functional groups attached to an aromatic ring is 1. The summed E-state index contributed by atoms with van der Waals surface area (Å²) in [6.07, 6.45) is 4.91. The summed E-state index contributed by atoms with van der Waals surface area (Å²) in [7, 11) is 0. The van der Waals surface area contributed by atoms with Crippen LogP contribution in [0.5, 0.6) is 0 Å². The molecule has 0 aliphatic heterocycles. The lowest BCUT2D eigenvalue weighted by Crippen LogP contribution is -2.09. The van der Waals surface area contributed by atoms with Crippen LogP contribution in [0.2, 0.25) is 5.02 Å². The van der Waals surface area contributed by atoms with Crippen LogP contribution in [0.15, 0.2) is 18.2 Å². The van der Waals surface area contributed by atoms with Gasteiger partial charge >= 0.3 is 0 Å². The van der Waals surface area contributed by atoms with Crippen LogP contribution in [0.3, 0.4) is 0 Å². The van der Waals surface area contributed by atoms with Gasteiger partial charge in [-0.05, 0) is 38.0 Å². The van der Waals surface area contributed by atoms with Crippen LogP contribution in [0, 0.1) is 6.92 Å². The van der Waals surface area contributed by atoms with Crippen molar-refractivity contribution < 1.29 is 0 Å². The van der Waals surface area contributed by atoms with Crippen molar-refractivity contribution in [3.05, 3.63) is 29.0 Å². The number of rotatable bonds is 2. The number of halogens is 1. The van der Waals surface area contributed by atoms with E-state index in [4.69, 9.17) is 17.3 Å². The molecule has 2 N–H and O–H groups in total. The average molecular weight is 277 g/mol. The lowest BCUT2D eigenvalue weighted by Gasteiger charge is -2.16. The molecule has 1 aromatic carbocycles. The minimum absolute atomic E-state index is 0.489. The third-order valence-corrected chi connectivity index (χ3v) is 4.05. The highest BCUT2D eigenvalue weighted by molar-refractivity contribution is 6.31. The zero-order valence-corrected chi connectivity index (χ0v) is 11.7. The van der Waals surface area contributed by atoms with E-state index in [0.717, 1.165) is 17.2 Å². The van der Waals surface area contributed by atoms with Crippen molar-refractivity contribution in [1.82, 2.24) is 14.8 Å². The highest BCUT2D eigenvalue weighted by Crippen LogP contribution is 2.36. The first-order valence-electron chi connectivity index (χ1n) is 6.63. The average Bonchev–Trinajstić information content (AvgIpc) is 3.01. The Morgan fingerprint density at radius 2 is 2.00 bits per heavy atom. The predicted octanol–water partition coefficient (Wildman–Crippen LogP) is 3.60. The van der Waals surface area contributed by atoms with E-state index in [2.05, 4.69) is 14.8 Å². The van der Waals surface area contributed by atoms with Crippen molar-refractivity contribution in [3.63, 3.8) is 0 Å². The molecule has 19 heavy (non-hydrogen) atoms. The van der Waals surface area contributed by atoms with E-state index in [0.29, 0.717) is 16.8 Å². The standard InChI is InChI=1S/C14H17ClN4/c1-9-17-18-14(19(9)11-4-2-3-5-11)12-8-10(15)6-7-13(12)16/h6-8,11H,2-5,16H2,1H3. The zero-order valence-electron chi connectivity index (χ0n) is 10.9. The molecule has 3 rings (SSSR count). The lowest BCUT2D eigenvalue weighted by molar-refractivity contribution is 0.510. The smallest absolute Gasteiger partial charge is 0.166 e. The summed E-state index contributed by atoms with van der Waals surface area (Å²) in [5, 5.41) is 9.20. The Labute approximate surface area is 117 Å². The first-order chi connectivity index (χ1) is 9.16. The third-order valence-electron chi connectivity index (χ3n) is 3.81. The van der Waals surface area contributed by atoms with Gasteiger partial charge in [0.1, 0.15) is 5.82 Å². The van der Waals surface area contributed by atoms with Crippen LogP contribution in [0.25, 0.3) is 11.4 Å². The molecule has 1 aliphatic carbocycles. The summed E-state index contributed by atoms with van der Waals surface area (Å²) in [6, 6.07) is 5.97. The molecule has 1 saturated carbocycles. The molecular formula is C14H17ClN4. The van der Waals surface area contributed by atoms with E-state index in [9.17, 15) is 0 Å². The molecule has 0 amide bonds. The summed E-state index contributed by atoms with van der Waals surface area (Å²) in [5.41, 5.74) is 7.62. The second kappa shape index (κ2) is 4.85. The number of aryl methyl sites for hydroxylation is 1. The number of anilines is 1. The van der Waals surface area contributed by atoms with E-state index in [1.807, 2.05) is 19.1 Å². The van der Waals surface area contributed by atoms with E-state index in [1.165, 1.54) is 25.7 Å². The van der Waals surface area contributed by atoms with Gasteiger partial charge in [-0.25, -0.2) is 0 Å². The van der Waals surface area contributed by atoms with Crippen LogP contribution >= 0.6 is 11.6 Å². The topological polar surface area (TPSA) is 56.7 Å². The molecule has 2 aromatic rings. The van der Waals surface area contributed by atoms with Gasteiger partial charge < -0.3 is 10.3 Å². The Bertz CT molecular complexity index is 599. The minimum Gasteiger partial charge on any atom is -0.398 e. The molecule has 4 nitrogen and oxygen atoms in total. The van der Waals surface area contributed by atoms with Gasteiger partial charge in [0, 0.05) is 22.3 Å². The molecule has 0 atom stereocenters. The molecule has 1 fully saturated rings. The maximum atomic E-state index is 6.07. The van der Waals surface area contributed by atoms with Crippen LogP contribution in [-0.2, 0) is 0 Å². The lowest BCUT2D eigenvalue weighted by atomic mass is 10.1. The van der Waals surface area contributed by atoms with Crippen molar-refractivity contribution >= 4 is 17.3 Å².